The maximum absolute atomic E-state index is 12.3. The highest BCUT2D eigenvalue weighted by Gasteiger charge is 2.30. The minimum Gasteiger partial charge on any atom is -0.460 e. The molecule has 32 heavy (non-hydrogen) atoms. The van der Waals surface area contributed by atoms with E-state index in [4.69, 9.17) is 9.47 Å². The average molecular weight is 476 g/mol. The van der Waals surface area contributed by atoms with E-state index in [0.29, 0.717) is 13.0 Å². The first-order chi connectivity index (χ1) is 15.3. The van der Waals surface area contributed by atoms with Crippen molar-refractivity contribution in [2.45, 2.75) is 76.1 Å². The van der Waals surface area contributed by atoms with Crippen LogP contribution in [0.15, 0.2) is 0 Å². The second kappa shape index (κ2) is 10.7. The van der Waals surface area contributed by atoms with E-state index in [-0.39, 0.29) is 23.2 Å². The zero-order chi connectivity index (χ0) is 22.6. The third-order valence-electron chi connectivity index (χ3n) is 6.42. The Bertz CT molecular complexity index is 736. The molecule has 1 aromatic rings. The number of alkyl halides is 3. The summed E-state index contributed by atoms with van der Waals surface area (Å²) in [6, 6.07) is 0.131. The van der Waals surface area contributed by atoms with Crippen LogP contribution in [0.25, 0.3) is 0 Å². The van der Waals surface area contributed by atoms with E-state index in [1.165, 1.54) is 24.2 Å². The van der Waals surface area contributed by atoms with Crippen molar-refractivity contribution >= 4 is 17.2 Å². The Hall–Kier alpha value is -1.39. The van der Waals surface area contributed by atoms with Crippen molar-refractivity contribution in [3.63, 3.8) is 0 Å². The molecule has 1 amide bonds. The summed E-state index contributed by atoms with van der Waals surface area (Å²) >= 11 is 1.23. The van der Waals surface area contributed by atoms with Gasteiger partial charge in [-0.15, -0.1) is 0 Å². The molecule has 0 radical (unpaired) electrons. The summed E-state index contributed by atoms with van der Waals surface area (Å²) in [5, 5.41) is 3.23. The van der Waals surface area contributed by atoms with Crippen LogP contribution in [0.3, 0.4) is 0 Å². The predicted molar refractivity (Wildman–Crippen MR) is 115 cm³/mol. The molecule has 4 rings (SSSR count). The Morgan fingerprint density at radius 1 is 1.19 bits per heavy atom. The number of nitrogens with zero attached hydrogens (tertiary/aromatic N) is 2. The molecule has 3 heterocycles. The fourth-order valence-corrected chi connectivity index (χ4v) is 5.27. The first-order valence-electron chi connectivity index (χ1n) is 11.7. The molecule has 180 valence electrons. The maximum atomic E-state index is 12.3. The van der Waals surface area contributed by atoms with Crippen molar-refractivity contribution in [3.05, 3.63) is 10.6 Å². The smallest absolute Gasteiger partial charge is 0.422 e. The normalized spacial score (nSPS) is 24.6. The summed E-state index contributed by atoms with van der Waals surface area (Å²) in [5.74, 6) is 0.930. The minimum absolute atomic E-state index is 0.116. The zero-order valence-electron chi connectivity index (χ0n) is 18.3. The summed E-state index contributed by atoms with van der Waals surface area (Å²) in [6.45, 7) is 1.91. The molecule has 0 unspecified atom stereocenters. The molecule has 3 aliphatic rings. The largest absolute Gasteiger partial charge is 0.460 e. The van der Waals surface area contributed by atoms with Crippen LogP contribution in [0.2, 0.25) is 0 Å². The van der Waals surface area contributed by atoms with Gasteiger partial charge >= 0.3 is 6.18 Å². The zero-order valence-corrected chi connectivity index (χ0v) is 19.1. The lowest BCUT2D eigenvalue weighted by molar-refractivity contribution is -0.153. The number of hydrogen-bond acceptors (Lipinski definition) is 6. The van der Waals surface area contributed by atoms with Crippen molar-refractivity contribution in [2.24, 2.45) is 5.92 Å². The first-order valence-corrected chi connectivity index (χ1v) is 12.5. The number of aromatic nitrogens is 1. The summed E-state index contributed by atoms with van der Waals surface area (Å²) in [6.07, 6.45) is 4.45. The van der Waals surface area contributed by atoms with Crippen molar-refractivity contribution in [1.29, 1.82) is 0 Å². The first kappa shape index (κ1) is 23.8. The Labute approximate surface area is 190 Å². The standard InChI is InChI=1S/C22H32F3N3O3S/c23-22(24,25)14-31-21-27-18-8-11-28(12-9-19(18)32-21)10-7-17-5-4-16(13-30-17)26-20(29)6-3-15-1-2-15/h15-17H,1-14H2,(H,26,29)/t16-,17+/m0/s1. The number of rotatable bonds is 9. The van der Waals surface area contributed by atoms with Crippen LogP contribution < -0.4 is 10.1 Å². The molecular weight excluding hydrogens is 443 g/mol. The Kier molecular flexibility index (Phi) is 7.94. The van der Waals surface area contributed by atoms with E-state index in [0.717, 1.165) is 74.6 Å². The van der Waals surface area contributed by atoms with Crippen LogP contribution in [0, 0.1) is 5.92 Å². The molecular formula is C22H32F3N3O3S. The number of nitrogens with one attached hydrogen (secondary N) is 1. The molecule has 0 spiro atoms. The highest BCUT2D eigenvalue weighted by molar-refractivity contribution is 7.13. The van der Waals surface area contributed by atoms with E-state index in [1.54, 1.807) is 0 Å². The molecule has 1 saturated carbocycles. The van der Waals surface area contributed by atoms with Gasteiger partial charge in [0.05, 0.1) is 24.4 Å². The second-order valence-electron chi connectivity index (χ2n) is 9.16. The number of ether oxygens (including phenoxy) is 2. The van der Waals surface area contributed by atoms with Gasteiger partial charge in [-0.1, -0.05) is 24.2 Å². The van der Waals surface area contributed by atoms with Gasteiger partial charge in [-0.05, 0) is 38.0 Å². The van der Waals surface area contributed by atoms with Gasteiger partial charge in [-0.25, -0.2) is 4.98 Å². The van der Waals surface area contributed by atoms with Crippen LogP contribution in [-0.4, -0.2) is 67.0 Å². The number of carbonyl (C=O) groups is 1. The fourth-order valence-electron chi connectivity index (χ4n) is 4.33. The molecule has 0 aromatic carbocycles. The van der Waals surface area contributed by atoms with Gasteiger partial charge in [-0.3, -0.25) is 4.79 Å². The van der Waals surface area contributed by atoms with Gasteiger partial charge in [0.1, 0.15) is 0 Å². The molecule has 2 aliphatic heterocycles. The molecule has 1 N–H and O–H groups in total. The molecule has 2 fully saturated rings. The second-order valence-corrected chi connectivity index (χ2v) is 10.2. The lowest BCUT2D eigenvalue weighted by Crippen LogP contribution is -2.43. The number of hydrogen-bond donors (Lipinski definition) is 1. The Balaban J connectivity index is 1.12. The van der Waals surface area contributed by atoms with E-state index in [1.807, 2.05) is 0 Å². The number of amides is 1. The molecule has 10 heteroatoms. The summed E-state index contributed by atoms with van der Waals surface area (Å²) in [5.41, 5.74) is 0.865. The lowest BCUT2D eigenvalue weighted by atomic mass is 10.0. The molecule has 1 aromatic heterocycles. The molecule has 6 nitrogen and oxygen atoms in total. The van der Waals surface area contributed by atoms with Crippen molar-refractivity contribution < 1.29 is 27.4 Å². The van der Waals surface area contributed by atoms with Crippen molar-refractivity contribution in [1.82, 2.24) is 15.2 Å². The topological polar surface area (TPSA) is 63.7 Å². The summed E-state index contributed by atoms with van der Waals surface area (Å²) < 4.78 is 47.8. The third-order valence-corrected chi connectivity index (χ3v) is 7.49. The predicted octanol–water partition coefficient (Wildman–Crippen LogP) is 3.73. The molecule has 2 atom stereocenters. The van der Waals surface area contributed by atoms with Crippen molar-refractivity contribution in [2.75, 3.05) is 32.8 Å². The Morgan fingerprint density at radius 3 is 2.72 bits per heavy atom. The van der Waals surface area contributed by atoms with E-state index < -0.39 is 12.8 Å². The van der Waals surface area contributed by atoms with Gasteiger partial charge in [-0.2, -0.15) is 13.2 Å². The summed E-state index contributed by atoms with van der Waals surface area (Å²) in [4.78, 5) is 19.7. The van der Waals surface area contributed by atoms with Gasteiger partial charge in [0.25, 0.3) is 5.19 Å². The molecule has 1 aliphatic carbocycles. The number of carbonyl (C=O) groups excluding carboxylic acids is 1. The van der Waals surface area contributed by atoms with Crippen LogP contribution in [0.4, 0.5) is 13.2 Å². The highest BCUT2D eigenvalue weighted by atomic mass is 32.1. The highest BCUT2D eigenvalue weighted by Crippen LogP contribution is 2.33. The van der Waals surface area contributed by atoms with E-state index in [2.05, 4.69) is 15.2 Å². The quantitative estimate of drug-likeness (QED) is 0.590. The van der Waals surface area contributed by atoms with Gasteiger partial charge in [0, 0.05) is 37.4 Å². The van der Waals surface area contributed by atoms with Crippen LogP contribution >= 0.6 is 11.3 Å². The SMILES string of the molecule is O=C(CCC1CC1)N[C@H]1CC[C@H](CCN2CCc3nc(OCC(F)(F)F)sc3CC2)OC1. The molecule has 1 saturated heterocycles. The average Bonchev–Trinajstić information content (AvgIpc) is 3.53. The number of fused-ring (bicyclic) bond motifs is 1. The van der Waals surface area contributed by atoms with Gasteiger partial charge in [0.15, 0.2) is 6.61 Å². The van der Waals surface area contributed by atoms with Crippen LogP contribution in [0.5, 0.6) is 5.19 Å². The monoisotopic (exact) mass is 475 g/mol. The number of thiazole rings is 1. The minimum atomic E-state index is -4.34. The lowest BCUT2D eigenvalue weighted by Gasteiger charge is -2.31. The fraction of sp³-hybridized carbons (Fsp3) is 0.818. The molecule has 0 bridgehead atoms. The van der Waals surface area contributed by atoms with Crippen LogP contribution in [-0.2, 0) is 22.4 Å². The Morgan fingerprint density at radius 2 is 2.00 bits per heavy atom. The van der Waals surface area contributed by atoms with Crippen molar-refractivity contribution in [3.8, 4) is 5.19 Å². The maximum Gasteiger partial charge on any atom is 0.422 e. The third kappa shape index (κ3) is 7.59. The number of halogens is 3. The summed E-state index contributed by atoms with van der Waals surface area (Å²) in [7, 11) is 0. The van der Waals surface area contributed by atoms with Gasteiger partial charge < -0.3 is 19.7 Å². The van der Waals surface area contributed by atoms with E-state index >= 15 is 0 Å². The van der Waals surface area contributed by atoms with Crippen LogP contribution in [0.1, 0.15) is 55.5 Å². The van der Waals surface area contributed by atoms with E-state index in [9.17, 15) is 18.0 Å². The van der Waals surface area contributed by atoms with Gasteiger partial charge in [0.2, 0.25) is 5.91 Å².